The van der Waals surface area contributed by atoms with E-state index in [0.29, 0.717) is 21.8 Å². The van der Waals surface area contributed by atoms with Crippen LogP contribution >= 0.6 is 23.4 Å². The number of nitrogens with zero attached hydrogens (tertiary/aromatic N) is 3. The molecule has 43 heavy (non-hydrogen) atoms. The van der Waals surface area contributed by atoms with E-state index in [0.717, 1.165) is 25.7 Å². The first-order chi connectivity index (χ1) is 20.5. The fourth-order valence-corrected chi connectivity index (χ4v) is 6.55. The highest BCUT2D eigenvalue weighted by Crippen LogP contribution is 2.39. The van der Waals surface area contributed by atoms with Gasteiger partial charge in [-0.25, -0.2) is 0 Å². The largest absolute Gasteiger partial charge is 0.486 e. The van der Waals surface area contributed by atoms with E-state index in [9.17, 15) is 19.2 Å². The second-order valence-corrected chi connectivity index (χ2v) is 11.8. The number of rotatable bonds is 11. The van der Waals surface area contributed by atoms with Crippen LogP contribution in [0.1, 0.15) is 65.2 Å². The van der Waals surface area contributed by atoms with Crippen molar-refractivity contribution in [3.63, 3.8) is 0 Å². The molecule has 2 aliphatic rings. The van der Waals surface area contributed by atoms with E-state index >= 15 is 0 Å². The van der Waals surface area contributed by atoms with Crippen molar-refractivity contribution in [3.05, 3.63) is 35.1 Å². The van der Waals surface area contributed by atoms with Crippen LogP contribution in [0.15, 0.2) is 29.4 Å². The number of aromatic nitrogens is 3. The molecule has 15 heteroatoms. The Hall–Kier alpha value is -3.36. The van der Waals surface area contributed by atoms with Gasteiger partial charge in [-0.15, -0.1) is 10.2 Å². The van der Waals surface area contributed by atoms with Crippen LogP contribution in [0.25, 0.3) is 0 Å². The summed E-state index contributed by atoms with van der Waals surface area (Å²) in [5, 5.41) is 12.8. The average molecular weight is 639 g/mol. The Morgan fingerprint density at radius 1 is 0.977 bits per heavy atom. The maximum absolute atomic E-state index is 12.3. The molecule has 0 spiro atoms. The lowest BCUT2D eigenvalue weighted by Gasteiger charge is -2.44. The van der Waals surface area contributed by atoms with E-state index in [1.54, 1.807) is 24.3 Å². The summed E-state index contributed by atoms with van der Waals surface area (Å²) in [4.78, 5) is 48.2. The first-order valence-electron chi connectivity index (χ1n) is 13.9. The minimum Gasteiger partial charge on any atom is -0.486 e. The van der Waals surface area contributed by atoms with Crippen LogP contribution in [-0.4, -0.2) is 75.0 Å². The zero-order valence-corrected chi connectivity index (χ0v) is 25.9. The standard InChI is InChI=1S/C28H35ClN4O9S/c1-15(34)30-24-26(41-18(4)37)25(40-17(3)36)22(13-38-16(2)35)42-27(24)43-28-32-31-23(33(28)20-7-5-6-8-20)14-39-21-11-9-19(29)10-12-21/h9-12,20,22,24-27H,5-8,13-14H2,1-4H3,(H,30,34)/t22-,24+,25+,26-,27+/m0/s1. The molecule has 1 saturated heterocycles. The molecule has 1 aromatic carbocycles. The van der Waals surface area contributed by atoms with Gasteiger partial charge in [0, 0.05) is 38.8 Å². The molecule has 0 radical (unpaired) electrons. The van der Waals surface area contributed by atoms with E-state index in [1.807, 2.05) is 4.57 Å². The SMILES string of the molecule is CC(=O)N[C@@H]1[C@H](OC(C)=O)[C@H](OC(C)=O)[C@H](COC(C)=O)O[C@@H]1Sc1nnc(COc2ccc(Cl)cc2)n1C1CCCC1. The van der Waals surface area contributed by atoms with Crippen LogP contribution in [0.5, 0.6) is 5.75 Å². The Balaban J connectivity index is 1.68. The van der Waals surface area contributed by atoms with Crippen LogP contribution in [0.3, 0.4) is 0 Å². The van der Waals surface area contributed by atoms with Crippen LogP contribution in [0.4, 0.5) is 0 Å². The van der Waals surface area contributed by atoms with E-state index in [4.69, 9.17) is 35.3 Å². The van der Waals surface area contributed by atoms with Crippen molar-refractivity contribution in [2.24, 2.45) is 0 Å². The summed E-state index contributed by atoms with van der Waals surface area (Å²) in [6.07, 6.45) is 0.567. The van der Waals surface area contributed by atoms with E-state index in [-0.39, 0.29) is 19.3 Å². The topological polar surface area (TPSA) is 157 Å². The number of esters is 3. The summed E-state index contributed by atoms with van der Waals surface area (Å²) in [5.74, 6) is -1.11. The zero-order chi connectivity index (χ0) is 31.1. The first kappa shape index (κ1) is 32.6. The van der Waals surface area contributed by atoms with E-state index in [1.165, 1.54) is 39.5 Å². The molecule has 0 bridgehead atoms. The summed E-state index contributed by atoms with van der Waals surface area (Å²) in [7, 11) is 0. The van der Waals surface area contributed by atoms with Crippen LogP contribution in [-0.2, 0) is 44.7 Å². The number of carbonyl (C=O) groups is 4. The lowest BCUT2D eigenvalue weighted by atomic mass is 9.97. The van der Waals surface area contributed by atoms with Gasteiger partial charge in [-0.2, -0.15) is 0 Å². The monoisotopic (exact) mass is 638 g/mol. The van der Waals surface area contributed by atoms with Gasteiger partial charge in [0.05, 0.1) is 0 Å². The summed E-state index contributed by atoms with van der Waals surface area (Å²) in [5.41, 5.74) is -0.907. The molecule has 2 aromatic rings. The molecule has 1 N–H and O–H groups in total. The average Bonchev–Trinajstić information content (AvgIpc) is 3.59. The van der Waals surface area contributed by atoms with Crippen LogP contribution in [0, 0.1) is 0 Å². The van der Waals surface area contributed by atoms with Crippen molar-refractivity contribution in [3.8, 4) is 5.75 Å². The third kappa shape index (κ3) is 8.83. The van der Waals surface area contributed by atoms with Crippen molar-refractivity contribution in [1.29, 1.82) is 0 Å². The molecule has 1 saturated carbocycles. The highest BCUT2D eigenvalue weighted by atomic mass is 35.5. The van der Waals surface area contributed by atoms with Crippen molar-refractivity contribution >= 4 is 47.2 Å². The number of thioether (sulfide) groups is 1. The molecule has 0 unspecified atom stereocenters. The molecule has 4 rings (SSSR count). The second-order valence-electron chi connectivity index (χ2n) is 10.3. The van der Waals surface area contributed by atoms with Gasteiger partial charge in [0.15, 0.2) is 23.2 Å². The Bertz CT molecular complexity index is 1300. The van der Waals surface area contributed by atoms with Gasteiger partial charge >= 0.3 is 17.9 Å². The molecular weight excluding hydrogens is 604 g/mol. The molecule has 2 heterocycles. The normalized spacial score (nSPS) is 23.8. The van der Waals surface area contributed by atoms with Gasteiger partial charge < -0.3 is 29.0 Å². The quantitative estimate of drug-likeness (QED) is 0.283. The molecule has 1 amide bonds. The molecule has 1 aliphatic heterocycles. The molecule has 1 aliphatic carbocycles. The highest BCUT2D eigenvalue weighted by molar-refractivity contribution is 7.99. The molecule has 5 atom stereocenters. The van der Waals surface area contributed by atoms with Crippen LogP contribution < -0.4 is 10.1 Å². The maximum Gasteiger partial charge on any atom is 0.303 e. The Labute approximate surface area is 258 Å². The number of hydrogen-bond acceptors (Lipinski definition) is 12. The summed E-state index contributed by atoms with van der Waals surface area (Å²) in [6.45, 7) is 4.80. The van der Waals surface area contributed by atoms with Crippen LogP contribution in [0.2, 0.25) is 5.02 Å². The minimum atomic E-state index is -1.18. The number of halogens is 1. The van der Waals surface area contributed by atoms with Gasteiger partial charge in [-0.3, -0.25) is 23.7 Å². The predicted molar refractivity (Wildman–Crippen MR) is 153 cm³/mol. The fourth-order valence-electron chi connectivity index (χ4n) is 5.19. The lowest BCUT2D eigenvalue weighted by Crippen LogP contribution is -2.65. The van der Waals surface area contributed by atoms with Crippen molar-refractivity contribution in [1.82, 2.24) is 20.1 Å². The van der Waals surface area contributed by atoms with Gasteiger partial charge in [0.25, 0.3) is 0 Å². The Morgan fingerprint density at radius 2 is 1.63 bits per heavy atom. The second kappa shape index (κ2) is 14.9. The van der Waals surface area contributed by atoms with Crippen molar-refractivity contribution in [2.75, 3.05) is 6.61 Å². The Morgan fingerprint density at radius 3 is 2.23 bits per heavy atom. The minimum absolute atomic E-state index is 0.110. The van der Waals surface area contributed by atoms with E-state index < -0.39 is 53.6 Å². The zero-order valence-electron chi connectivity index (χ0n) is 24.3. The third-order valence-electron chi connectivity index (χ3n) is 6.90. The molecule has 2 fully saturated rings. The molecule has 234 valence electrons. The van der Waals surface area contributed by atoms with Crippen molar-refractivity contribution in [2.45, 2.75) is 101 Å². The molecule has 1 aromatic heterocycles. The number of carbonyl (C=O) groups excluding carboxylic acids is 4. The highest BCUT2D eigenvalue weighted by Gasteiger charge is 2.51. The first-order valence-corrected chi connectivity index (χ1v) is 15.2. The lowest BCUT2D eigenvalue weighted by molar-refractivity contribution is -0.211. The fraction of sp³-hybridized carbons (Fsp3) is 0.571. The summed E-state index contributed by atoms with van der Waals surface area (Å²) < 4.78 is 30.6. The van der Waals surface area contributed by atoms with Gasteiger partial charge in [-0.1, -0.05) is 36.2 Å². The van der Waals surface area contributed by atoms with Gasteiger partial charge in [0.1, 0.15) is 36.5 Å². The number of nitrogens with one attached hydrogen (secondary N) is 1. The third-order valence-corrected chi connectivity index (χ3v) is 8.28. The maximum atomic E-state index is 12.3. The molecule has 13 nitrogen and oxygen atoms in total. The van der Waals surface area contributed by atoms with Crippen molar-refractivity contribution < 1.29 is 42.9 Å². The predicted octanol–water partition coefficient (Wildman–Crippen LogP) is 3.37. The van der Waals surface area contributed by atoms with Gasteiger partial charge in [0.2, 0.25) is 5.91 Å². The van der Waals surface area contributed by atoms with Gasteiger partial charge in [-0.05, 0) is 37.1 Å². The Kier molecular flexibility index (Phi) is 11.3. The smallest absolute Gasteiger partial charge is 0.303 e. The number of ether oxygens (including phenoxy) is 5. The molecular formula is C28H35ClN4O9S. The number of benzene rings is 1. The number of hydrogen-bond donors (Lipinski definition) is 1. The summed E-state index contributed by atoms with van der Waals surface area (Å²) >= 11 is 7.17. The van der Waals surface area contributed by atoms with E-state index in [2.05, 4.69) is 15.5 Å². The number of amides is 1. The summed E-state index contributed by atoms with van der Waals surface area (Å²) in [6, 6.07) is 6.14.